The second kappa shape index (κ2) is 5.15. The number of aryl methyl sites for hydroxylation is 1. The molecule has 2 aliphatic rings. The molecule has 7 heteroatoms. The molecule has 1 saturated heterocycles. The molecule has 24 heavy (non-hydrogen) atoms. The number of anilines is 3. The molecule has 7 nitrogen and oxygen atoms in total. The molecule has 0 amide bonds. The van der Waals surface area contributed by atoms with Crippen molar-refractivity contribution in [3.05, 3.63) is 30.1 Å². The molecule has 0 radical (unpaired) electrons. The number of fused-ring (bicyclic) bond motifs is 3. The lowest BCUT2D eigenvalue weighted by molar-refractivity contribution is 0.547. The molecule has 2 fully saturated rings. The van der Waals surface area contributed by atoms with Crippen molar-refractivity contribution in [2.75, 3.05) is 16.8 Å². The summed E-state index contributed by atoms with van der Waals surface area (Å²) in [5.74, 6) is 3.18. The van der Waals surface area contributed by atoms with E-state index in [9.17, 15) is 0 Å². The second-order valence-electron chi connectivity index (χ2n) is 6.78. The van der Waals surface area contributed by atoms with Gasteiger partial charge in [0.2, 0.25) is 5.95 Å². The number of nitrogens with zero attached hydrogens (tertiary/aromatic N) is 5. The summed E-state index contributed by atoms with van der Waals surface area (Å²) in [5.41, 5.74) is 1.66. The van der Waals surface area contributed by atoms with Crippen LogP contribution in [0.4, 0.5) is 17.6 Å². The Kier molecular flexibility index (Phi) is 2.95. The van der Waals surface area contributed by atoms with Crippen LogP contribution in [0, 0.1) is 12.8 Å². The fourth-order valence-corrected chi connectivity index (χ4v) is 3.96. The average molecular weight is 321 g/mol. The highest BCUT2D eigenvalue weighted by atomic mass is 15.3. The summed E-state index contributed by atoms with van der Waals surface area (Å²) in [6, 6.07) is 6.45. The Hall–Kier alpha value is -2.70. The van der Waals surface area contributed by atoms with Crippen LogP contribution in [0.15, 0.2) is 24.4 Å². The molecule has 3 aromatic heterocycles. The van der Waals surface area contributed by atoms with E-state index in [1.54, 1.807) is 6.20 Å². The number of rotatable bonds is 3. The predicted octanol–water partition coefficient (Wildman–Crippen LogP) is 2.79. The van der Waals surface area contributed by atoms with E-state index in [-0.39, 0.29) is 0 Å². The van der Waals surface area contributed by atoms with Crippen LogP contribution in [-0.2, 0) is 0 Å². The van der Waals surface area contributed by atoms with Crippen molar-refractivity contribution in [2.45, 2.75) is 32.2 Å². The van der Waals surface area contributed by atoms with Gasteiger partial charge in [0, 0.05) is 24.8 Å². The topological polar surface area (TPSA) is 82.6 Å². The Labute approximate surface area is 139 Å². The standard InChI is InChI=1S/C17H19N7/c1-10-7-14(23-22-10)19-16-13-3-2-6-18-15(13)20-17(21-16)24-9-11-4-5-12(24)8-11/h2-3,6-7,11-12H,4-5,8-9H2,1H3,(H2,18,19,20,21,22,23). The number of hydrogen-bond acceptors (Lipinski definition) is 6. The highest BCUT2D eigenvalue weighted by Gasteiger charge is 2.39. The van der Waals surface area contributed by atoms with Crippen molar-refractivity contribution in [3.8, 4) is 0 Å². The van der Waals surface area contributed by atoms with Gasteiger partial charge in [-0.2, -0.15) is 15.1 Å². The van der Waals surface area contributed by atoms with Gasteiger partial charge in [0.15, 0.2) is 5.65 Å². The SMILES string of the molecule is Cc1cc(Nc2nc(N3CC4CCC3C4)nc3ncccc23)[nH]n1. The first-order valence-corrected chi connectivity index (χ1v) is 8.45. The van der Waals surface area contributed by atoms with Crippen LogP contribution in [-0.4, -0.2) is 37.7 Å². The lowest BCUT2D eigenvalue weighted by Gasteiger charge is -2.27. The highest BCUT2D eigenvalue weighted by molar-refractivity contribution is 5.89. The molecule has 3 aromatic rings. The van der Waals surface area contributed by atoms with Crippen LogP contribution >= 0.6 is 0 Å². The maximum absolute atomic E-state index is 4.82. The molecule has 122 valence electrons. The number of pyridine rings is 1. The third kappa shape index (κ3) is 2.19. The first-order valence-electron chi connectivity index (χ1n) is 8.45. The molecule has 2 N–H and O–H groups in total. The Balaban J connectivity index is 1.59. The predicted molar refractivity (Wildman–Crippen MR) is 92.4 cm³/mol. The summed E-state index contributed by atoms with van der Waals surface area (Å²) >= 11 is 0. The maximum atomic E-state index is 4.82. The summed E-state index contributed by atoms with van der Waals surface area (Å²) < 4.78 is 0. The van der Waals surface area contributed by atoms with Crippen molar-refractivity contribution < 1.29 is 0 Å². The smallest absolute Gasteiger partial charge is 0.229 e. The fraction of sp³-hybridized carbons (Fsp3) is 0.412. The fourth-order valence-electron chi connectivity index (χ4n) is 3.96. The third-order valence-electron chi connectivity index (χ3n) is 5.08. The maximum Gasteiger partial charge on any atom is 0.229 e. The Bertz CT molecular complexity index is 903. The van der Waals surface area contributed by atoms with Crippen LogP contribution in [0.5, 0.6) is 0 Å². The van der Waals surface area contributed by atoms with Crippen molar-refractivity contribution >= 4 is 28.6 Å². The van der Waals surface area contributed by atoms with Crippen molar-refractivity contribution in [2.24, 2.45) is 5.92 Å². The van der Waals surface area contributed by atoms with E-state index in [1.165, 1.54) is 19.3 Å². The molecular formula is C17H19N7. The molecule has 4 heterocycles. The summed E-state index contributed by atoms with van der Waals surface area (Å²) in [7, 11) is 0. The molecule has 0 aromatic carbocycles. The minimum atomic E-state index is 0.582. The second-order valence-corrected chi connectivity index (χ2v) is 6.78. The number of aromatic nitrogens is 5. The monoisotopic (exact) mass is 321 g/mol. The van der Waals surface area contributed by atoms with Gasteiger partial charge in [0.1, 0.15) is 11.6 Å². The quantitative estimate of drug-likeness (QED) is 0.772. The molecule has 0 spiro atoms. The summed E-state index contributed by atoms with van der Waals surface area (Å²) in [6.45, 7) is 3.01. The summed E-state index contributed by atoms with van der Waals surface area (Å²) in [5, 5.41) is 11.4. The zero-order chi connectivity index (χ0) is 16.1. The van der Waals surface area contributed by atoms with Gasteiger partial charge in [-0.05, 0) is 44.2 Å². The van der Waals surface area contributed by atoms with Crippen LogP contribution in [0.2, 0.25) is 0 Å². The van der Waals surface area contributed by atoms with E-state index in [0.29, 0.717) is 6.04 Å². The van der Waals surface area contributed by atoms with Gasteiger partial charge in [-0.1, -0.05) is 0 Å². The van der Waals surface area contributed by atoms with Crippen molar-refractivity contribution in [1.82, 2.24) is 25.1 Å². The van der Waals surface area contributed by atoms with Crippen LogP contribution in [0.25, 0.3) is 11.0 Å². The van der Waals surface area contributed by atoms with E-state index in [4.69, 9.17) is 9.97 Å². The van der Waals surface area contributed by atoms with E-state index in [2.05, 4.69) is 25.4 Å². The number of nitrogens with one attached hydrogen (secondary N) is 2. The van der Waals surface area contributed by atoms with Gasteiger partial charge in [-0.15, -0.1) is 0 Å². The number of H-pyrrole nitrogens is 1. The highest BCUT2D eigenvalue weighted by Crippen LogP contribution is 2.39. The lowest BCUT2D eigenvalue weighted by atomic mass is 10.1. The molecule has 1 aliphatic heterocycles. The van der Waals surface area contributed by atoms with E-state index in [1.807, 2.05) is 25.1 Å². The molecule has 2 bridgehead atoms. The molecule has 2 unspecified atom stereocenters. The van der Waals surface area contributed by atoms with Crippen molar-refractivity contribution in [1.29, 1.82) is 0 Å². The number of aromatic amines is 1. The van der Waals surface area contributed by atoms with Crippen LogP contribution in [0.1, 0.15) is 25.0 Å². The van der Waals surface area contributed by atoms with Crippen molar-refractivity contribution in [3.63, 3.8) is 0 Å². The zero-order valence-electron chi connectivity index (χ0n) is 13.5. The minimum Gasteiger partial charge on any atom is -0.337 e. The van der Waals surface area contributed by atoms with Crippen LogP contribution < -0.4 is 10.2 Å². The van der Waals surface area contributed by atoms with Gasteiger partial charge in [0.25, 0.3) is 0 Å². The van der Waals surface area contributed by atoms with Gasteiger partial charge >= 0.3 is 0 Å². The largest absolute Gasteiger partial charge is 0.337 e. The Morgan fingerprint density at radius 2 is 2.25 bits per heavy atom. The molecule has 5 rings (SSSR count). The minimum absolute atomic E-state index is 0.582. The Morgan fingerprint density at radius 3 is 3.00 bits per heavy atom. The molecular weight excluding hydrogens is 302 g/mol. The number of piperidine rings is 1. The Morgan fingerprint density at radius 1 is 1.29 bits per heavy atom. The normalized spacial score (nSPS) is 22.5. The van der Waals surface area contributed by atoms with E-state index in [0.717, 1.165) is 46.8 Å². The molecule has 1 saturated carbocycles. The van der Waals surface area contributed by atoms with Gasteiger partial charge in [-0.25, -0.2) is 4.98 Å². The van der Waals surface area contributed by atoms with Crippen LogP contribution in [0.3, 0.4) is 0 Å². The van der Waals surface area contributed by atoms with Gasteiger partial charge in [-0.3, -0.25) is 5.10 Å². The lowest BCUT2D eigenvalue weighted by Crippen LogP contribution is -2.33. The van der Waals surface area contributed by atoms with E-state index >= 15 is 0 Å². The van der Waals surface area contributed by atoms with Gasteiger partial charge < -0.3 is 10.2 Å². The van der Waals surface area contributed by atoms with E-state index < -0.39 is 0 Å². The zero-order valence-corrected chi connectivity index (χ0v) is 13.5. The summed E-state index contributed by atoms with van der Waals surface area (Å²) in [4.78, 5) is 16.3. The number of hydrogen-bond donors (Lipinski definition) is 2. The summed E-state index contributed by atoms with van der Waals surface area (Å²) in [6.07, 6.45) is 5.63. The first-order chi connectivity index (χ1) is 11.8. The molecule has 1 aliphatic carbocycles. The third-order valence-corrected chi connectivity index (χ3v) is 5.08. The first kappa shape index (κ1) is 13.7. The van der Waals surface area contributed by atoms with Gasteiger partial charge in [0.05, 0.1) is 11.1 Å². The molecule has 2 atom stereocenters. The average Bonchev–Trinajstić information content (AvgIpc) is 3.32.